The van der Waals surface area contributed by atoms with Gasteiger partial charge in [0.05, 0.1) is 12.7 Å². The smallest absolute Gasteiger partial charge is 0.192 e. The predicted molar refractivity (Wildman–Crippen MR) is 73.5 cm³/mol. The van der Waals surface area contributed by atoms with Crippen molar-refractivity contribution in [3.05, 3.63) is 0 Å². The second kappa shape index (κ2) is 6.77. The molecule has 0 aromatic heterocycles. The molecule has 0 fully saturated rings. The summed E-state index contributed by atoms with van der Waals surface area (Å²) >= 11 is 0. The Morgan fingerprint density at radius 3 is 2.19 bits per heavy atom. The summed E-state index contributed by atoms with van der Waals surface area (Å²) in [5.41, 5.74) is 0. The molecule has 1 atom stereocenters. The minimum absolute atomic E-state index is 0.220. The molecular weight excluding hydrogens is 216 g/mol. The molecule has 3 heteroatoms. The summed E-state index contributed by atoms with van der Waals surface area (Å²) in [5.74, 6) is 0. The van der Waals surface area contributed by atoms with Gasteiger partial charge in [0.25, 0.3) is 0 Å². The summed E-state index contributed by atoms with van der Waals surface area (Å²) in [6.07, 6.45) is 2.56. The Hall–Kier alpha value is 0.137. The molecule has 1 unspecified atom stereocenters. The molecule has 98 valence electrons. The largest absolute Gasteiger partial charge is 0.412 e. The van der Waals surface area contributed by atoms with Crippen molar-refractivity contribution in [3.63, 3.8) is 0 Å². The SMILES string of the molecule is CCCCOCC(C)O[Si](C)(C)C(C)(C)C. The molecule has 0 aromatic rings. The van der Waals surface area contributed by atoms with Crippen LogP contribution in [0.15, 0.2) is 0 Å². The van der Waals surface area contributed by atoms with Crippen molar-refractivity contribution in [1.29, 1.82) is 0 Å². The topological polar surface area (TPSA) is 18.5 Å². The first-order valence-electron chi connectivity index (χ1n) is 6.46. The second-order valence-electron chi connectivity index (χ2n) is 6.12. The normalized spacial score (nSPS) is 15.2. The molecule has 0 bridgehead atoms. The lowest BCUT2D eigenvalue weighted by Gasteiger charge is -2.38. The number of rotatable bonds is 7. The summed E-state index contributed by atoms with van der Waals surface area (Å²) in [6.45, 7) is 17.3. The van der Waals surface area contributed by atoms with Gasteiger partial charge in [-0.2, -0.15) is 0 Å². The van der Waals surface area contributed by atoms with Crippen molar-refractivity contribution in [3.8, 4) is 0 Å². The molecular formula is C13H30O2Si. The van der Waals surface area contributed by atoms with Gasteiger partial charge in [-0.1, -0.05) is 34.1 Å². The van der Waals surface area contributed by atoms with Gasteiger partial charge in [-0.3, -0.25) is 0 Å². The van der Waals surface area contributed by atoms with Crippen molar-refractivity contribution in [1.82, 2.24) is 0 Å². The molecule has 0 radical (unpaired) electrons. The first kappa shape index (κ1) is 16.1. The summed E-state index contributed by atoms with van der Waals surface area (Å²) in [7, 11) is -1.62. The Balaban J connectivity index is 3.90. The van der Waals surface area contributed by atoms with Gasteiger partial charge in [-0.05, 0) is 31.5 Å². The van der Waals surface area contributed by atoms with Crippen LogP contribution >= 0.6 is 0 Å². The van der Waals surface area contributed by atoms with Crippen LogP contribution in [0.4, 0.5) is 0 Å². The standard InChI is InChI=1S/C13H30O2Si/c1-8-9-10-14-11-12(2)15-16(6,7)13(3,4)5/h12H,8-11H2,1-7H3. The van der Waals surface area contributed by atoms with Gasteiger partial charge in [0, 0.05) is 6.61 Å². The maximum absolute atomic E-state index is 6.20. The van der Waals surface area contributed by atoms with Crippen LogP contribution in [-0.4, -0.2) is 27.6 Å². The van der Waals surface area contributed by atoms with Crippen molar-refractivity contribution < 1.29 is 9.16 Å². The van der Waals surface area contributed by atoms with Crippen LogP contribution in [-0.2, 0) is 9.16 Å². The van der Waals surface area contributed by atoms with Gasteiger partial charge in [-0.15, -0.1) is 0 Å². The number of hydrogen-bond acceptors (Lipinski definition) is 2. The van der Waals surface area contributed by atoms with Crippen molar-refractivity contribution in [2.75, 3.05) is 13.2 Å². The van der Waals surface area contributed by atoms with Gasteiger partial charge in [0.1, 0.15) is 0 Å². The van der Waals surface area contributed by atoms with Crippen LogP contribution < -0.4 is 0 Å². The summed E-state index contributed by atoms with van der Waals surface area (Å²) in [4.78, 5) is 0. The van der Waals surface area contributed by atoms with Crippen LogP contribution in [0.2, 0.25) is 18.1 Å². The van der Waals surface area contributed by atoms with E-state index in [2.05, 4.69) is 47.7 Å². The lowest BCUT2D eigenvalue weighted by molar-refractivity contribution is 0.0505. The van der Waals surface area contributed by atoms with Gasteiger partial charge in [0.15, 0.2) is 8.32 Å². The number of unbranched alkanes of at least 4 members (excludes halogenated alkanes) is 1. The molecule has 0 heterocycles. The van der Waals surface area contributed by atoms with Crippen LogP contribution in [0.3, 0.4) is 0 Å². The van der Waals surface area contributed by atoms with E-state index in [1.165, 1.54) is 6.42 Å². The molecule has 0 aliphatic carbocycles. The first-order valence-corrected chi connectivity index (χ1v) is 9.37. The molecule has 0 aliphatic heterocycles. The fraction of sp³-hybridized carbons (Fsp3) is 1.00. The summed E-state index contributed by atoms with van der Waals surface area (Å²) in [6, 6.07) is 0. The lowest BCUT2D eigenvalue weighted by atomic mass is 10.2. The molecule has 0 N–H and O–H groups in total. The fourth-order valence-electron chi connectivity index (χ4n) is 1.21. The van der Waals surface area contributed by atoms with E-state index in [0.717, 1.165) is 19.6 Å². The molecule has 0 saturated carbocycles. The fourth-order valence-corrected chi connectivity index (χ4v) is 2.64. The van der Waals surface area contributed by atoms with E-state index in [1.54, 1.807) is 0 Å². The summed E-state index contributed by atoms with van der Waals surface area (Å²) < 4.78 is 11.8. The highest BCUT2D eigenvalue weighted by Crippen LogP contribution is 2.37. The number of hydrogen-bond donors (Lipinski definition) is 0. The average Bonchev–Trinajstić information content (AvgIpc) is 2.10. The van der Waals surface area contributed by atoms with E-state index in [-0.39, 0.29) is 11.1 Å². The zero-order valence-corrected chi connectivity index (χ0v) is 13.2. The maximum atomic E-state index is 6.20. The Morgan fingerprint density at radius 1 is 1.19 bits per heavy atom. The second-order valence-corrected chi connectivity index (χ2v) is 10.9. The molecule has 0 amide bonds. The highest BCUT2D eigenvalue weighted by molar-refractivity contribution is 6.74. The monoisotopic (exact) mass is 246 g/mol. The molecule has 0 rings (SSSR count). The predicted octanol–water partition coefficient (Wildman–Crippen LogP) is 4.21. The number of ether oxygens (including phenoxy) is 1. The molecule has 0 aromatic carbocycles. The molecule has 16 heavy (non-hydrogen) atoms. The van der Waals surface area contributed by atoms with E-state index < -0.39 is 8.32 Å². The Labute approximate surface area is 103 Å². The van der Waals surface area contributed by atoms with Gasteiger partial charge in [-0.25, -0.2) is 0 Å². The van der Waals surface area contributed by atoms with Crippen LogP contribution in [0.5, 0.6) is 0 Å². The average molecular weight is 246 g/mol. The quantitative estimate of drug-likeness (QED) is 0.495. The van der Waals surface area contributed by atoms with Crippen LogP contribution in [0.1, 0.15) is 47.5 Å². The van der Waals surface area contributed by atoms with Gasteiger partial charge >= 0.3 is 0 Å². The third-order valence-corrected chi connectivity index (χ3v) is 7.90. The minimum Gasteiger partial charge on any atom is -0.412 e. The third kappa shape index (κ3) is 6.02. The van der Waals surface area contributed by atoms with Crippen molar-refractivity contribution >= 4 is 8.32 Å². The first-order chi connectivity index (χ1) is 7.20. The van der Waals surface area contributed by atoms with Crippen molar-refractivity contribution in [2.24, 2.45) is 0 Å². The molecule has 0 saturated heterocycles. The van der Waals surface area contributed by atoms with E-state index in [0.29, 0.717) is 0 Å². The highest BCUT2D eigenvalue weighted by atomic mass is 28.4. The Morgan fingerprint density at radius 2 is 1.75 bits per heavy atom. The summed E-state index contributed by atoms with van der Waals surface area (Å²) in [5, 5.41) is 0.282. The third-order valence-electron chi connectivity index (χ3n) is 3.30. The van der Waals surface area contributed by atoms with Gasteiger partial charge in [0.2, 0.25) is 0 Å². The zero-order chi connectivity index (χ0) is 12.8. The van der Waals surface area contributed by atoms with E-state index >= 15 is 0 Å². The van der Waals surface area contributed by atoms with E-state index in [9.17, 15) is 0 Å². The zero-order valence-electron chi connectivity index (χ0n) is 12.2. The van der Waals surface area contributed by atoms with E-state index in [4.69, 9.17) is 9.16 Å². The van der Waals surface area contributed by atoms with Crippen LogP contribution in [0, 0.1) is 0 Å². The highest BCUT2D eigenvalue weighted by Gasteiger charge is 2.38. The molecule has 0 aliphatic rings. The molecule has 2 nitrogen and oxygen atoms in total. The van der Waals surface area contributed by atoms with E-state index in [1.807, 2.05) is 0 Å². The lowest BCUT2D eigenvalue weighted by Crippen LogP contribution is -2.44. The Bertz CT molecular complexity index is 185. The maximum Gasteiger partial charge on any atom is 0.192 e. The Kier molecular flexibility index (Phi) is 6.83. The minimum atomic E-state index is -1.62. The van der Waals surface area contributed by atoms with Gasteiger partial charge < -0.3 is 9.16 Å². The van der Waals surface area contributed by atoms with Crippen molar-refractivity contribution in [2.45, 2.75) is 71.7 Å². The molecule has 0 spiro atoms. The van der Waals surface area contributed by atoms with Crippen LogP contribution in [0.25, 0.3) is 0 Å².